The molecule has 8 heteroatoms. The number of fused-ring (bicyclic) bond motifs is 11. The Morgan fingerprint density at radius 1 is 1.00 bits per heavy atom. The van der Waals surface area contributed by atoms with Crippen LogP contribution in [0.2, 0.25) is 0 Å². The molecule has 0 radical (unpaired) electrons. The molecule has 0 amide bonds. The summed E-state index contributed by atoms with van der Waals surface area (Å²) in [7, 11) is 0. The van der Waals surface area contributed by atoms with Crippen molar-refractivity contribution in [3.05, 3.63) is 92.6 Å². The Bertz CT molecular complexity index is 2640. The van der Waals surface area contributed by atoms with Crippen LogP contribution >= 0.6 is 0 Å². The maximum atomic E-state index is 16.3. The largest absolute Gasteiger partial charge is 0.508 e. The summed E-state index contributed by atoms with van der Waals surface area (Å²) in [4.78, 5) is 37.5. The summed E-state index contributed by atoms with van der Waals surface area (Å²) in [5.74, 6) is 10.2. The van der Waals surface area contributed by atoms with Gasteiger partial charge in [-0.1, -0.05) is 99.8 Å². The quantitative estimate of drug-likeness (QED) is 0.172. The second kappa shape index (κ2) is 13.6. The molecule has 1 aromatic rings. The molecule has 16 atom stereocenters. The number of aliphatic hydroxyl groups excluding tert-OH is 1. The number of nitrogens with zero attached hydrogens (tertiary/aromatic N) is 2. The Balaban J connectivity index is 1.08. The minimum Gasteiger partial charge on any atom is -0.508 e. The maximum absolute atomic E-state index is 16.3. The molecule has 3 N–H and O–H groups in total. The van der Waals surface area contributed by atoms with Crippen molar-refractivity contribution < 1.29 is 24.2 Å². The molecule has 344 valence electrons. The minimum absolute atomic E-state index is 0.0643. The van der Waals surface area contributed by atoms with E-state index in [1.54, 1.807) is 5.70 Å². The topological polar surface area (TPSA) is 105 Å². The highest BCUT2D eigenvalue weighted by atomic mass is 16.6. The second-order valence-electron chi connectivity index (χ2n) is 24.3. The molecule has 14 rings (SSSR count). The summed E-state index contributed by atoms with van der Waals surface area (Å²) in [5, 5.41) is 14.1. The van der Waals surface area contributed by atoms with Gasteiger partial charge in [0.1, 0.15) is 11.2 Å². The Labute approximate surface area is 390 Å². The lowest BCUT2D eigenvalue weighted by atomic mass is 9.27. The smallest absolute Gasteiger partial charge is 0.339 e. The average Bonchev–Trinajstić information content (AvgIpc) is 3.78. The van der Waals surface area contributed by atoms with E-state index in [2.05, 4.69) is 71.9 Å². The van der Waals surface area contributed by atoms with Gasteiger partial charge in [0.2, 0.25) is 0 Å². The van der Waals surface area contributed by atoms with E-state index in [1.807, 2.05) is 0 Å². The Hall–Kier alpha value is -4.06. The van der Waals surface area contributed by atoms with Gasteiger partial charge in [-0.05, 0) is 134 Å². The van der Waals surface area contributed by atoms with E-state index in [-0.39, 0.29) is 59.2 Å². The van der Waals surface area contributed by atoms with Crippen molar-refractivity contribution in [1.29, 1.82) is 0 Å². The number of hydrogen-bond donors (Lipinski definition) is 2. The molecule has 6 fully saturated rings. The first kappa shape index (κ1) is 39.9. The van der Waals surface area contributed by atoms with Crippen molar-refractivity contribution in [3.63, 3.8) is 0 Å². The van der Waals surface area contributed by atoms with Crippen LogP contribution in [-0.4, -0.2) is 64.6 Å². The molecule has 0 unspecified atom stereocenters. The zero-order valence-corrected chi connectivity index (χ0v) is 39.0. The zero-order valence-electron chi connectivity index (χ0n) is 39.0. The first-order valence-electron chi connectivity index (χ1n) is 26.8. The number of piperidine rings is 3. The van der Waals surface area contributed by atoms with E-state index < -0.39 is 16.4 Å². The normalized spacial score (nSPS) is 47.6. The molecule has 13 aliphatic rings. The third-order valence-corrected chi connectivity index (χ3v) is 21.8. The van der Waals surface area contributed by atoms with Crippen LogP contribution in [0.1, 0.15) is 131 Å². The van der Waals surface area contributed by atoms with Gasteiger partial charge in [-0.15, -0.1) is 0 Å². The molecule has 2 saturated carbocycles. The third kappa shape index (κ3) is 4.55. The number of aryl methyl sites for hydroxylation is 1. The molecule has 1 aromatic carbocycles. The maximum Gasteiger partial charge on any atom is 0.339 e. The van der Waals surface area contributed by atoms with Crippen LogP contribution in [0.5, 0.6) is 0 Å². The van der Waals surface area contributed by atoms with Crippen molar-refractivity contribution in [2.24, 2.45) is 81.7 Å². The van der Waals surface area contributed by atoms with Crippen molar-refractivity contribution in [1.82, 2.24) is 9.80 Å². The highest BCUT2D eigenvalue weighted by molar-refractivity contribution is 6.01. The first-order chi connectivity index (χ1) is 32.2. The molecule has 2 bridgehead atoms. The van der Waals surface area contributed by atoms with E-state index in [9.17, 15) is 5.11 Å². The number of carbonyl (C=O) groups excluding carboxylic acids is 2. The standard InChI is InChI=1S/C58H67N3O5/c1-30-13-14-36-26-41-31(2)23-37-17-18-42-38-25-39-29-61(42)51(37)48(41)40-19-20-56-53-52(62)46-35(27-43(39)60(28-38)44(46)24-32-8-4-3-5-9-32)11-6-10-34-16-15-33(12-7-21-59)47-50(34)58(56,66-54(47)63)45(22-30)57(56,49(36)40)55(64)65-53/h13-18,30-32,35-36,38-39,41-46,48,62H,3-5,7-10,12,19-29,59H2,1-2H3/b14-13-,53-52+/t30-,31+,35-,36-,38-,39-,41-,42+,43+,44-,45-,46+,48+,56+,57+,58-/m0/s1. The van der Waals surface area contributed by atoms with Gasteiger partial charge >= 0.3 is 11.9 Å². The van der Waals surface area contributed by atoms with Crippen LogP contribution in [0.4, 0.5) is 0 Å². The first-order valence-corrected chi connectivity index (χ1v) is 26.8. The van der Waals surface area contributed by atoms with Gasteiger partial charge < -0.3 is 25.2 Å². The van der Waals surface area contributed by atoms with Crippen LogP contribution in [-0.2, 0) is 32.7 Å². The third-order valence-electron chi connectivity index (χ3n) is 21.8. The molecule has 7 aliphatic carbocycles. The number of rotatable bonds is 5. The van der Waals surface area contributed by atoms with Crippen LogP contribution in [0.15, 0.2) is 70.4 Å². The Kier molecular flexibility index (Phi) is 8.21. The predicted molar refractivity (Wildman–Crippen MR) is 250 cm³/mol. The molecular weight excluding hydrogens is 819 g/mol. The summed E-state index contributed by atoms with van der Waals surface area (Å²) >= 11 is 0. The van der Waals surface area contributed by atoms with Gasteiger partial charge in [0.15, 0.2) is 11.4 Å². The SMILES string of the molecule is C[C@@H]1CC2=C3[C@@H]4C5=C6[C@@H](/C=C\[C@H](C)C[C@H]7[C@]68C(=O)O/C6=C(/O)[C@@H]9[C@@H](C#CCc%10ccc(CCCN)c%11c%10[C@]7(OC%11=O)[C@]68CC5)C[C@@H]5[C@H]6C[C@@H](CN5[C@H]9CC5CCCCC5)[C@@H](C=C2)N3C6)C[C@H]41. The Morgan fingerprint density at radius 3 is 2.74 bits per heavy atom. The van der Waals surface area contributed by atoms with Crippen molar-refractivity contribution >= 4 is 11.9 Å². The minimum atomic E-state index is -1.20. The zero-order chi connectivity index (χ0) is 44.2. The van der Waals surface area contributed by atoms with Crippen LogP contribution in [0, 0.1) is 87.8 Å². The molecule has 8 nitrogen and oxygen atoms in total. The number of esters is 2. The fourth-order valence-corrected chi connectivity index (χ4v) is 19.7. The molecular formula is C58H67N3O5. The van der Waals surface area contributed by atoms with Crippen molar-refractivity contribution in [3.8, 4) is 11.8 Å². The predicted octanol–water partition coefficient (Wildman–Crippen LogP) is 9.21. The number of hydrogen-bond acceptors (Lipinski definition) is 8. The molecule has 66 heavy (non-hydrogen) atoms. The van der Waals surface area contributed by atoms with Gasteiger partial charge in [-0.2, -0.15) is 0 Å². The number of aliphatic hydroxyl groups is 1. The van der Waals surface area contributed by atoms with Crippen molar-refractivity contribution in [2.75, 3.05) is 19.6 Å². The highest BCUT2D eigenvalue weighted by Gasteiger charge is 2.94. The van der Waals surface area contributed by atoms with E-state index in [0.29, 0.717) is 85.2 Å². The number of nitrogens with two attached hydrogens (primary N) is 1. The van der Waals surface area contributed by atoms with Gasteiger partial charge in [0.25, 0.3) is 0 Å². The molecule has 0 aromatic heterocycles. The van der Waals surface area contributed by atoms with E-state index >= 15 is 9.59 Å². The lowest BCUT2D eigenvalue weighted by Crippen LogP contribution is -2.78. The molecule has 3 spiro atoms. The molecule has 6 aliphatic heterocycles. The van der Waals surface area contributed by atoms with Crippen LogP contribution in [0.3, 0.4) is 0 Å². The lowest BCUT2D eigenvalue weighted by Gasteiger charge is -2.73. The van der Waals surface area contributed by atoms with E-state index in [1.165, 1.54) is 55.2 Å². The van der Waals surface area contributed by atoms with Crippen molar-refractivity contribution in [2.45, 2.75) is 140 Å². The summed E-state index contributed by atoms with van der Waals surface area (Å²) < 4.78 is 14.6. The fourth-order valence-electron chi connectivity index (χ4n) is 19.7. The van der Waals surface area contributed by atoms with Gasteiger partial charge in [0.05, 0.1) is 17.0 Å². The number of ether oxygens (including phenoxy) is 2. The summed E-state index contributed by atoms with van der Waals surface area (Å²) in [6.45, 7) is 7.43. The monoisotopic (exact) mass is 886 g/mol. The number of benzene rings is 1. The van der Waals surface area contributed by atoms with Gasteiger partial charge in [-0.25, -0.2) is 4.79 Å². The summed E-state index contributed by atoms with van der Waals surface area (Å²) in [6.07, 6.45) is 25.7. The van der Waals surface area contributed by atoms with Crippen LogP contribution < -0.4 is 5.73 Å². The molecule has 4 saturated heterocycles. The van der Waals surface area contributed by atoms with Gasteiger partial charge in [-0.3, -0.25) is 9.69 Å². The number of carbonyl (C=O) groups is 2. The molecule has 6 heterocycles. The average molecular weight is 886 g/mol. The van der Waals surface area contributed by atoms with Gasteiger partial charge in [0, 0.05) is 66.5 Å². The highest BCUT2D eigenvalue weighted by Crippen LogP contribution is 2.88. The Morgan fingerprint density at radius 2 is 1.88 bits per heavy atom. The van der Waals surface area contributed by atoms with Crippen LogP contribution in [0.25, 0.3) is 0 Å². The van der Waals surface area contributed by atoms with E-state index in [4.69, 9.17) is 15.2 Å². The number of allylic oxidation sites excluding steroid dienone is 5. The second-order valence-corrected chi connectivity index (χ2v) is 24.3. The van der Waals surface area contributed by atoms with E-state index in [0.717, 1.165) is 68.3 Å². The lowest BCUT2D eigenvalue weighted by molar-refractivity contribution is -0.281. The summed E-state index contributed by atoms with van der Waals surface area (Å²) in [5.41, 5.74) is 12.3. The fraction of sp³-hybridized carbons (Fsp3) is 0.655. The summed E-state index contributed by atoms with van der Waals surface area (Å²) in [6, 6.07) is 5.17.